The largest absolute Gasteiger partial charge is 0.333 e. The van der Waals surface area contributed by atoms with Crippen LogP contribution in [0.25, 0.3) is 6.08 Å². The van der Waals surface area contributed by atoms with Crippen LogP contribution in [0, 0.1) is 5.92 Å². The molecule has 0 saturated heterocycles. The molecule has 0 radical (unpaired) electrons. The van der Waals surface area contributed by atoms with E-state index in [1.54, 1.807) is 0 Å². The Morgan fingerprint density at radius 1 is 1.29 bits per heavy atom. The van der Waals surface area contributed by atoms with Crippen LogP contribution in [0.5, 0.6) is 0 Å². The van der Waals surface area contributed by atoms with Crippen LogP contribution in [0.15, 0.2) is 53.5 Å². The first-order valence-electron chi connectivity index (χ1n) is 7.49. The highest BCUT2D eigenvalue weighted by Crippen LogP contribution is 2.21. The lowest BCUT2D eigenvalue weighted by molar-refractivity contribution is 0.632. The molecule has 0 saturated carbocycles. The minimum absolute atomic E-state index is 0.783. The van der Waals surface area contributed by atoms with Gasteiger partial charge < -0.3 is 4.57 Å². The summed E-state index contributed by atoms with van der Waals surface area (Å²) in [6.45, 7) is 7.60. The SMILES string of the molecule is CC(=Cc1ccc(SCCC(C)C)cc1)Cn1ccnc1. The third kappa shape index (κ3) is 5.80. The summed E-state index contributed by atoms with van der Waals surface area (Å²) in [6.07, 6.45) is 9.17. The van der Waals surface area contributed by atoms with Gasteiger partial charge in [-0.25, -0.2) is 4.98 Å². The first-order valence-corrected chi connectivity index (χ1v) is 8.48. The molecule has 0 aliphatic carbocycles. The van der Waals surface area contributed by atoms with Gasteiger partial charge in [0.15, 0.2) is 0 Å². The Morgan fingerprint density at radius 2 is 2.05 bits per heavy atom. The fourth-order valence-electron chi connectivity index (χ4n) is 2.07. The second-order valence-corrected chi connectivity index (χ2v) is 6.99. The van der Waals surface area contributed by atoms with Crippen LogP contribution in [0.2, 0.25) is 0 Å². The maximum absolute atomic E-state index is 4.07. The van der Waals surface area contributed by atoms with Crippen molar-refractivity contribution in [2.45, 2.75) is 38.6 Å². The van der Waals surface area contributed by atoms with Crippen molar-refractivity contribution in [3.8, 4) is 0 Å². The molecule has 0 unspecified atom stereocenters. The molecule has 0 spiro atoms. The third-order valence-corrected chi connectivity index (χ3v) is 4.29. The van der Waals surface area contributed by atoms with E-state index in [9.17, 15) is 0 Å². The van der Waals surface area contributed by atoms with Gasteiger partial charge in [-0.05, 0) is 42.7 Å². The number of hydrogen-bond acceptors (Lipinski definition) is 2. The zero-order valence-corrected chi connectivity index (χ0v) is 13.9. The minimum Gasteiger partial charge on any atom is -0.333 e. The lowest BCUT2D eigenvalue weighted by Crippen LogP contribution is -1.95. The maximum atomic E-state index is 4.07. The summed E-state index contributed by atoms with van der Waals surface area (Å²) in [7, 11) is 0. The average Bonchev–Trinajstić information content (AvgIpc) is 2.93. The van der Waals surface area contributed by atoms with Gasteiger partial charge in [0.2, 0.25) is 0 Å². The molecule has 0 aliphatic heterocycles. The quantitative estimate of drug-likeness (QED) is 0.660. The van der Waals surface area contributed by atoms with Gasteiger partial charge in [-0.1, -0.05) is 37.6 Å². The number of rotatable bonds is 7. The Bertz CT molecular complexity index is 553. The molecule has 1 aromatic heterocycles. The van der Waals surface area contributed by atoms with Crippen LogP contribution in [0.4, 0.5) is 0 Å². The molecule has 2 nitrogen and oxygen atoms in total. The number of imidazole rings is 1. The Hall–Kier alpha value is -1.48. The average molecular weight is 300 g/mol. The number of allylic oxidation sites excluding steroid dienone is 1. The molecule has 0 aliphatic rings. The number of aromatic nitrogens is 2. The van der Waals surface area contributed by atoms with Crippen LogP contribution in [0.1, 0.15) is 32.8 Å². The van der Waals surface area contributed by atoms with Crippen molar-refractivity contribution in [3.05, 3.63) is 54.1 Å². The van der Waals surface area contributed by atoms with E-state index in [2.05, 4.69) is 60.7 Å². The fourth-order valence-corrected chi connectivity index (χ4v) is 3.22. The number of hydrogen-bond donors (Lipinski definition) is 0. The summed E-state index contributed by atoms with van der Waals surface area (Å²) in [5.74, 6) is 1.98. The first kappa shape index (κ1) is 15.9. The van der Waals surface area contributed by atoms with Crippen molar-refractivity contribution in [1.82, 2.24) is 9.55 Å². The molecule has 2 aromatic rings. The van der Waals surface area contributed by atoms with Crippen LogP contribution in [0.3, 0.4) is 0 Å². The second kappa shape index (κ2) is 8.08. The van der Waals surface area contributed by atoms with Crippen molar-refractivity contribution < 1.29 is 0 Å². The van der Waals surface area contributed by atoms with Crippen molar-refractivity contribution in [2.75, 3.05) is 5.75 Å². The highest BCUT2D eigenvalue weighted by Gasteiger charge is 1.98. The van der Waals surface area contributed by atoms with Gasteiger partial charge in [0.05, 0.1) is 6.33 Å². The van der Waals surface area contributed by atoms with E-state index in [-0.39, 0.29) is 0 Å². The highest BCUT2D eigenvalue weighted by molar-refractivity contribution is 7.99. The molecule has 3 heteroatoms. The molecular formula is C18H24N2S. The first-order chi connectivity index (χ1) is 10.1. The summed E-state index contributed by atoms with van der Waals surface area (Å²) < 4.78 is 2.09. The Balaban J connectivity index is 1.89. The second-order valence-electron chi connectivity index (χ2n) is 5.83. The van der Waals surface area contributed by atoms with Gasteiger partial charge in [0.1, 0.15) is 0 Å². The summed E-state index contributed by atoms with van der Waals surface area (Å²) in [5.41, 5.74) is 2.59. The van der Waals surface area contributed by atoms with Gasteiger partial charge in [0.25, 0.3) is 0 Å². The minimum atomic E-state index is 0.783. The van der Waals surface area contributed by atoms with Crippen molar-refractivity contribution in [1.29, 1.82) is 0 Å². The molecular weight excluding hydrogens is 276 g/mol. The van der Waals surface area contributed by atoms with Crippen molar-refractivity contribution in [3.63, 3.8) is 0 Å². The van der Waals surface area contributed by atoms with Crippen LogP contribution in [-0.2, 0) is 6.54 Å². The molecule has 0 atom stereocenters. The Labute approximate surface area is 132 Å². The van der Waals surface area contributed by atoms with Gasteiger partial charge >= 0.3 is 0 Å². The molecule has 1 aromatic carbocycles. The zero-order valence-electron chi connectivity index (χ0n) is 13.1. The van der Waals surface area contributed by atoms with Crippen molar-refractivity contribution >= 4 is 17.8 Å². The lowest BCUT2D eigenvalue weighted by Gasteiger charge is -2.06. The normalized spacial score (nSPS) is 12.1. The van der Waals surface area contributed by atoms with E-state index >= 15 is 0 Å². The predicted molar refractivity (Wildman–Crippen MR) is 92.5 cm³/mol. The Morgan fingerprint density at radius 3 is 2.67 bits per heavy atom. The molecule has 0 amide bonds. The molecule has 2 rings (SSSR count). The number of nitrogens with zero attached hydrogens (tertiary/aromatic N) is 2. The summed E-state index contributed by atoms with van der Waals surface area (Å²) >= 11 is 1.95. The molecule has 0 N–H and O–H groups in total. The predicted octanol–water partition coefficient (Wildman–Crippen LogP) is 5.12. The van der Waals surface area contributed by atoms with Crippen LogP contribution < -0.4 is 0 Å². The standard InChI is InChI=1S/C18H24N2S/c1-15(2)8-11-21-18-6-4-17(5-7-18)12-16(3)13-20-10-9-19-14-20/h4-7,9-10,12,14-15H,8,11,13H2,1-3H3. The monoisotopic (exact) mass is 300 g/mol. The summed E-state index contributed by atoms with van der Waals surface area (Å²) in [5, 5.41) is 0. The smallest absolute Gasteiger partial charge is 0.0948 e. The van der Waals surface area contributed by atoms with E-state index in [0.29, 0.717) is 0 Å². The fraction of sp³-hybridized carbons (Fsp3) is 0.389. The van der Waals surface area contributed by atoms with Crippen molar-refractivity contribution in [2.24, 2.45) is 5.92 Å². The van der Waals surface area contributed by atoms with E-state index in [0.717, 1.165) is 12.5 Å². The Kier molecular flexibility index (Phi) is 6.12. The molecule has 1 heterocycles. The van der Waals surface area contributed by atoms with Crippen LogP contribution in [-0.4, -0.2) is 15.3 Å². The topological polar surface area (TPSA) is 17.8 Å². The van der Waals surface area contributed by atoms with Gasteiger partial charge in [-0.2, -0.15) is 0 Å². The van der Waals surface area contributed by atoms with Gasteiger partial charge in [0, 0.05) is 23.8 Å². The molecule has 0 fully saturated rings. The zero-order chi connectivity index (χ0) is 15.1. The van der Waals surface area contributed by atoms with Gasteiger partial charge in [-0.15, -0.1) is 11.8 Å². The molecule has 0 bridgehead atoms. The van der Waals surface area contributed by atoms with E-state index < -0.39 is 0 Å². The summed E-state index contributed by atoms with van der Waals surface area (Å²) in [4.78, 5) is 5.43. The molecule has 21 heavy (non-hydrogen) atoms. The van der Waals surface area contributed by atoms with Gasteiger partial charge in [-0.3, -0.25) is 0 Å². The van der Waals surface area contributed by atoms with E-state index in [1.165, 1.54) is 28.2 Å². The maximum Gasteiger partial charge on any atom is 0.0948 e. The summed E-state index contributed by atoms with van der Waals surface area (Å²) in [6, 6.07) is 8.85. The molecule has 112 valence electrons. The number of benzene rings is 1. The lowest BCUT2D eigenvalue weighted by atomic mass is 10.1. The van der Waals surface area contributed by atoms with E-state index in [4.69, 9.17) is 0 Å². The number of thioether (sulfide) groups is 1. The third-order valence-electron chi connectivity index (χ3n) is 3.25. The highest BCUT2D eigenvalue weighted by atomic mass is 32.2. The van der Waals surface area contributed by atoms with Crippen LogP contribution >= 0.6 is 11.8 Å². The van der Waals surface area contributed by atoms with E-state index in [1.807, 2.05) is 30.5 Å².